The average molecular weight is 468 g/mol. The molecule has 34 heavy (non-hydrogen) atoms. The van der Waals surface area contributed by atoms with Crippen LogP contribution >= 0.6 is 0 Å². The van der Waals surface area contributed by atoms with Gasteiger partial charge in [0.15, 0.2) is 0 Å². The molecule has 0 N–H and O–H groups in total. The number of hydrogen-bond donors (Lipinski definition) is 0. The van der Waals surface area contributed by atoms with Crippen LogP contribution in [0.3, 0.4) is 0 Å². The molecule has 1 atom stereocenters. The summed E-state index contributed by atoms with van der Waals surface area (Å²) >= 11 is 0. The van der Waals surface area contributed by atoms with E-state index < -0.39 is 7.12 Å². The van der Waals surface area contributed by atoms with Gasteiger partial charge in [0, 0.05) is 25.2 Å². The lowest BCUT2D eigenvalue weighted by Crippen LogP contribution is -2.58. The van der Waals surface area contributed by atoms with Crippen molar-refractivity contribution in [2.24, 2.45) is 5.92 Å². The molecule has 0 aromatic heterocycles. The largest absolute Gasteiger partial charge is 0.494 e. The number of hydrogen-bond acceptors (Lipinski definition) is 4. The van der Waals surface area contributed by atoms with Gasteiger partial charge in [0.1, 0.15) is 6.04 Å². The predicted molar refractivity (Wildman–Crippen MR) is 135 cm³/mol. The Morgan fingerprint density at radius 3 is 2.15 bits per heavy atom. The minimum atomic E-state index is -0.492. The van der Waals surface area contributed by atoms with Gasteiger partial charge in [0.2, 0.25) is 5.91 Å². The molecule has 1 aromatic carbocycles. The van der Waals surface area contributed by atoms with Gasteiger partial charge in [0.05, 0.1) is 11.2 Å². The minimum absolute atomic E-state index is 0.0657. The maximum absolute atomic E-state index is 13.7. The molecule has 0 radical (unpaired) electrons. The van der Waals surface area contributed by atoms with Gasteiger partial charge in [-0.05, 0) is 62.5 Å². The lowest BCUT2D eigenvalue weighted by atomic mass is 9.75. The van der Waals surface area contributed by atoms with Gasteiger partial charge in [-0.1, -0.05) is 52.7 Å². The van der Waals surface area contributed by atoms with E-state index in [1.54, 1.807) is 0 Å². The van der Waals surface area contributed by atoms with Crippen LogP contribution in [0.5, 0.6) is 0 Å². The molecule has 0 spiro atoms. The summed E-state index contributed by atoms with van der Waals surface area (Å²) in [7, 11) is -0.492. The van der Waals surface area contributed by atoms with Crippen molar-refractivity contribution in [2.75, 3.05) is 19.6 Å². The molecule has 0 bridgehead atoms. The Morgan fingerprint density at radius 1 is 1.00 bits per heavy atom. The molecule has 3 aliphatic rings. The molecule has 7 heteroatoms. The standard InChI is InChI=1S/C27H41BN2O4/c1-6-26(7-2)27(8-3,9-4)34-28(33-26)22-13-11-12-21(19-22)24(31)30-17-16-29(10-5)25(32)23(30)18-20-14-15-20/h11-13,19-20,23H,6-10,14-18H2,1-5H3/t23-/m1/s1. The van der Waals surface area contributed by atoms with E-state index in [0.29, 0.717) is 31.1 Å². The molecule has 6 nitrogen and oxygen atoms in total. The van der Waals surface area contributed by atoms with E-state index in [1.807, 2.05) is 41.0 Å². The fourth-order valence-corrected chi connectivity index (χ4v) is 6.18. The third-order valence-electron chi connectivity index (χ3n) is 8.67. The number of carbonyl (C=O) groups excluding carboxylic acids is 2. The zero-order valence-electron chi connectivity index (χ0n) is 21.6. The smallest absolute Gasteiger partial charge is 0.399 e. The highest BCUT2D eigenvalue weighted by Crippen LogP contribution is 2.46. The zero-order chi connectivity index (χ0) is 24.5. The lowest BCUT2D eigenvalue weighted by Gasteiger charge is -2.42. The number of nitrogens with zero attached hydrogens (tertiary/aromatic N) is 2. The Morgan fingerprint density at radius 2 is 1.62 bits per heavy atom. The van der Waals surface area contributed by atoms with Crippen LogP contribution in [0.15, 0.2) is 24.3 Å². The first-order chi connectivity index (χ1) is 16.4. The molecule has 4 rings (SSSR count). The highest BCUT2D eigenvalue weighted by molar-refractivity contribution is 6.62. The second-order valence-corrected chi connectivity index (χ2v) is 10.2. The third-order valence-corrected chi connectivity index (χ3v) is 8.67. The van der Waals surface area contributed by atoms with Crippen LogP contribution in [-0.2, 0) is 14.1 Å². The van der Waals surface area contributed by atoms with Crippen molar-refractivity contribution in [3.8, 4) is 0 Å². The van der Waals surface area contributed by atoms with E-state index in [4.69, 9.17) is 9.31 Å². The van der Waals surface area contributed by atoms with E-state index in [-0.39, 0.29) is 29.1 Å². The molecule has 186 valence electrons. The number of benzene rings is 1. The molecule has 2 aliphatic heterocycles. The summed E-state index contributed by atoms with van der Waals surface area (Å²) in [6, 6.07) is 7.31. The molecule has 1 saturated carbocycles. The summed E-state index contributed by atoms with van der Waals surface area (Å²) in [5, 5.41) is 0. The topological polar surface area (TPSA) is 59.1 Å². The van der Waals surface area contributed by atoms with E-state index in [2.05, 4.69) is 27.7 Å². The second kappa shape index (κ2) is 10.0. The third kappa shape index (κ3) is 4.30. The van der Waals surface area contributed by atoms with Crippen LogP contribution < -0.4 is 5.46 Å². The SMILES string of the molecule is CCN1CCN(C(=O)c2cccc(B3OC(CC)(CC)C(CC)(CC)O3)c2)[C@H](CC2CC2)C1=O. The van der Waals surface area contributed by atoms with Crippen LogP contribution in [0.4, 0.5) is 0 Å². The maximum atomic E-state index is 13.7. The van der Waals surface area contributed by atoms with Crippen molar-refractivity contribution in [3.05, 3.63) is 29.8 Å². The van der Waals surface area contributed by atoms with Gasteiger partial charge in [-0.3, -0.25) is 9.59 Å². The van der Waals surface area contributed by atoms with Crippen LogP contribution in [0, 0.1) is 5.92 Å². The molecule has 2 amide bonds. The molecule has 2 saturated heterocycles. The van der Waals surface area contributed by atoms with E-state index in [9.17, 15) is 9.59 Å². The van der Waals surface area contributed by atoms with Gasteiger partial charge in [-0.15, -0.1) is 0 Å². The summed E-state index contributed by atoms with van der Waals surface area (Å²) in [4.78, 5) is 30.5. The number of likely N-dealkylation sites (N-methyl/N-ethyl adjacent to an activating group) is 1. The van der Waals surface area contributed by atoms with Gasteiger partial charge < -0.3 is 19.1 Å². The Bertz CT molecular complexity index is 874. The first-order valence-electron chi connectivity index (χ1n) is 13.4. The van der Waals surface area contributed by atoms with Crippen molar-refractivity contribution in [1.82, 2.24) is 9.80 Å². The van der Waals surface area contributed by atoms with Gasteiger partial charge >= 0.3 is 7.12 Å². The van der Waals surface area contributed by atoms with Crippen LogP contribution in [0.25, 0.3) is 0 Å². The minimum Gasteiger partial charge on any atom is -0.399 e. The lowest BCUT2D eigenvalue weighted by molar-refractivity contribution is -0.140. The Hall–Kier alpha value is -1.86. The summed E-state index contributed by atoms with van der Waals surface area (Å²) in [5.74, 6) is 0.600. The first-order valence-corrected chi connectivity index (χ1v) is 13.4. The molecule has 1 aromatic rings. The Labute approximate surface area is 205 Å². The quantitative estimate of drug-likeness (QED) is 0.514. The molecular formula is C27H41BN2O4. The normalized spacial score (nSPS) is 24.1. The molecule has 1 aliphatic carbocycles. The fourth-order valence-electron chi connectivity index (χ4n) is 6.18. The van der Waals surface area contributed by atoms with E-state index in [1.165, 1.54) is 0 Å². The molecular weight excluding hydrogens is 427 g/mol. The van der Waals surface area contributed by atoms with Gasteiger partial charge in [-0.25, -0.2) is 0 Å². The van der Waals surface area contributed by atoms with E-state index in [0.717, 1.165) is 50.4 Å². The molecule has 0 unspecified atom stereocenters. The number of carbonyl (C=O) groups is 2. The highest BCUT2D eigenvalue weighted by atomic mass is 16.7. The first kappa shape index (κ1) is 25.2. The average Bonchev–Trinajstić information content (AvgIpc) is 3.63. The van der Waals surface area contributed by atoms with Crippen LogP contribution in [0.1, 0.15) is 89.9 Å². The molecule has 3 fully saturated rings. The fraction of sp³-hybridized carbons (Fsp3) is 0.704. The number of amides is 2. The van der Waals surface area contributed by atoms with Gasteiger partial charge in [0.25, 0.3) is 5.91 Å². The number of rotatable bonds is 9. The van der Waals surface area contributed by atoms with Crippen molar-refractivity contribution < 1.29 is 18.9 Å². The maximum Gasteiger partial charge on any atom is 0.494 e. The highest BCUT2D eigenvalue weighted by Gasteiger charge is 2.58. The predicted octanol–water partition coefficient (Wildman–Crippen LogP) is 4.02. The van der Waals surface area contributed by atoms with Crippen molar-refractivity contribution in [1.29, 1.82) is 0 Å². The summed E-state index contributed by atoms with van der Waals surface area (Å²) in [6.07, 6.45) is 6.63. The monoisotopic (exact) mass is 468 g/mol. The summed E-state index contributed by atoms with van der Waals surface area (Å²) in [5.41, 5.74) is 0.810. The van der Waals surface area contributed by atoms with Crippen LogP contribution in [0.2, 0.25) is 0 Å². The van der Waals surface area contributed by atoms with Crippen LogP contribution in [-0.4, -0.2) is 65.6 Å². The Balaban J connectivity index is 1.58. The Kier molecular flexibility index (Phi) is 7.44. The van der Waals surface area contributed by atoms with Crippen molar-refractivity contribution in [2.45, 2.75) is 96.8 Å². The van der Waals surface area contributed by atoms with E-state index >= 15 is 0 Å². The van der Waals surface area contributed by atoms with Gasteiger partial charge in [-0.2, -0.15) is 0 Å². The summed E-state index contributed by atoms with van der Waals surface area (Å²) < 4.78 is 13.3. The number of piperazine rings is 1. The van der Waals surface area contributed by atoms with Crippen molar-refractivity contribution >= 4 is 24.4 Å². The van der Waals surface area contributed by atoms with Crippen molar-refractivity contribution in [3.63, 3.8) is 0 Å². The zero-order valence-corrected chi connectivity index (χ0v) is 21.6. The second-order valence-electron chi connectivity index (χ2n) is 10.2. The summed E-state index contributed by atoms with van der Waals surface area (Å²) in [6.45, 7) is 12.6. The molecule has 2 heterocycles.